The maximum atomic E-state index is 10.2. The minimum absolute atomic E-state index is 0. The first-order chi connectivity index (χ1) is 46.1. The van der Waals surface area contributed by atoms with E-state index < -0.39 is 35.8 Å². The number of carboxylic acids is 6. The zero-order valence-electron chi connectivity index (χ0n) is 51.1. The normalized spacial score (nSPS) is 9.26. The number of aromatic carboxylic acids is 6. The molecule has 0 saturated carbocycles. The number of nitrogens with zero attached hydrogens (tertiary/aromatic N) is 6. The monoisotopic (exact) mass is 2010 g/mol. The summed E-state index contributed by atoms with van der Waals surface area (Å²) in [6.45, 7) is 0. The van der Waals surface area contributed by atoms with E-state index >= 15 is 0 Å². The van der Waals surface area contributed by atoms with Crippen LogP contribution in [0.2, 0.25) is 0 Å². The van der Waals surface area contributed by atoms with E-state index in [4.69, 9.17) is 0 Å². The van der Waals surface area contributed by atoms with E-state index in [1.807, 2.05) is 109 Å². The summed E-state index contributed by atoms with van der Waals surface area (Å²) in [5.74, 6) is -6.88. The molecule has 6 aromatic carbocycles. The first kappa shape index (κ1) is 90.5. The molecule has 0 bridgehead atoms. The third-order valence-electron chi connectivity index (χ3n) is 11.7. The zero-order valence-corrected chi connectivity index (χ0v) is 65.2. The molecule has 4 N–H and O–H groups in total. The van der Waals surface area contributed by atoms with Crippen molar-refractivity contribution in [1.82, 2.24) is 29.9 Å². The van der Waals surface area contributed by atoms with Gasteiger partial charge in [0.25, 0.3) is 0 Å². The van der Waals surface area contributed by atoms with Gasteiger partial charge in [-0.3, -0.25) is 19.9 Å². The molecule has 0 saturated heterocycles. The smallest absolute Gasteiger partial charge is 0.545 e. The van der Waals surface area contributed by atoms with E-state index in [1.165, 1.54) is 72.8 Å². The number of carbonyl (C=O) groups excluding carboxylic acids is 6. The number of carbonyl (C=O) groups is 6. The molecule has 6 aromatic heterocycles. The molecule has 0 aliphatic rings. The van der Waals surface area contributed by atoms with Crippen molar-refractivity contribution in [3.05, 3.63) is 340 Å². The van der Waals surface area contributed by atoms with Crippen LogP contribution in [0.1, 0.15) is 62.1 Å². The van der Waals surface area contributed by atoms with Crippen molar-refractivity contribution in [2.24, 2.45) is 0 Å². The molecular weight excluding hydrogens is 1970 g/mol. The Labute approximate surface area is 688 Å². The first-order valence-electron chi connectivity index (χ1n) is 27.5. The maximum absolute atomic E-state index is 10.2. The van der Waals surface area contributed by atoms with Gasteiger partial charge in [-0.05, 0) is 179 Å². The van der Waals surface area contributed by atoms with Crippen LogP contribution < -0.4 is 30.6 Å². The van der Waals surface area contributed by atoms with Crippen LogP contribution in [0.25, 0.3) is 45.6 Å². The van der Waals surface area contributed by atoms with Crippen LogP contribution in [0.5, 0.6) is 0 Å². The van der Waals surface area contributed by atoms with Gasteiger partial charge in [-0.2, -0.15) is 0 Å². The molecule has 0 spiro atoms. The molecule has 0 amide bonds. The van der Waals surface area contributed by atoms with Crippen molar-refractivity contribution < 1.29 is 150 Å². The summed E-state index contributed by atoms with van der Waals surface area (Å²) in [4.78, 5) is 87.5. The predicted octanol–water partition coefficient (Wildman–Crippen LogP) is 9.64. The number of hydrogen-bond donors (Lipinski definition) is 0. The minimum Gasteiger partial charge on any atom is -0.545 e. The fourth-order valence-corrected chi connectivity index (χ4v) is 8.60. The maximum Gasteiger partial charge on any atom is 3.00 e. The molecule has 20 nitrogen and oxygen atoms in total. The quantitative estimate of drug-likeness (QED) is 0.123. The number of hydrogen-bond acceptors (Lipinski definition) is 18. The number of pyridine rings is 6. The van der Waals surface area contributed by atoms with Gasteiger partial charge in [0.1, 0.15) is 0 Å². The molecular formula is C72H50Br6Gd2N6O14. The van der Waals surface area contributed by atoms with Crippen LogP contribution in [0.4, 0.5) is 0 Å². The molecule has 12 rings (SSSR count). The Bertz CT molecular complexity index is 3750. The second-order valence-corrected chi connectivity index (χ2v) is 23.9. The summed E-state index contributed by atoms with van der Waals surface area (Å²) in [7, 11) is 0. The van der Waals surface area contributed by atoms with Crippen molar-refractivity contribution in [3.63, 3.8) is 0 Å². The van der Waals surface area contributed by atoms with Crippen LogP contribution in [-0.4, -0.2) is 76.7 Å². The number of benzene rings is 6. The Hall–Kier alpha value is -7.51. The topological polar surface area (TPSA) is 381 Å². The van der Waals surface area contributed by atoms with Crippen molar-refractivity contribution >= 4 is 131 Å². The van der Waals surface area contributed by atoms with Crippen molar-refractivity contribution in [1.29, 1.82) is 0 Å². The van der Waals surface area contributed by atoms with Gasteiger partial charge in [0.2, 0.25) is 0 Å². The standard InChI is InChI=1S/2C15H11N3.6C7H5BrO2.2Gd.2H2O/c2*1-3-10-16-12(6-1)14-8-5-9-15(18-14)13-7-2-4-11-17-13;6*8-6-3-1-5(2-4-6)7(9)10;;;;/h2*1-11H;6*1-4H,(H,9,10);;;2*1H2/q;;;;;;;;2*+3;;/p-6. The molecule has 6 heterocycles. The van der Waals surface area contributed by atoms with Crippen LogP contribution in [0.15, 0.2) is 306 Å². The zero-order chi connectivity index (χ0) is 69.8. The Kier molecular flexibility index (Phi) is 45.2. The van der Waals surface area contributed by atoms with Crippen molar-refractivity contribution in [3.8, 4) is 45.6 Å². The third kappa shape index (κ3) is 34.7. The molecule has 100 heavy (non-hydrogen) atoms. The van der Waals surface area contributed by atoms with E-state index in [2.05, 4.69) is 125 Å². The first-order valence-corrected chi connectivity index (χ1v) is 32.2. The van der Waals surface area contributed by atoms with Gasteiger partial charge >= 0.3 is 79.9 Å². The SMILES string of the molecule is O.O.O=C([O-])c1ccc(Br)cc1.O=C([O-])c1ccc(Br)cc1.O=C([O-])c1ccc(Br)cc1.O=C([O-])c1ccc(Br)cc1.O=C([O-])c1ccc(Br)cc1.O=C([O-])c1ccc(Br)cc1.[Gd+3].[Gd+3].c1ccc(-c2cccc(-c3ccccn3)n2)nc1.c1ccc(-c2cccc(-c3ccccn3)n2)nc1. The van der Waals surface area contributed by atoms with Gasteiger partial charge in [0.15, 0.2) is 0 Å². The van der Waals surface area contributed by atoms with E-state index in [1.54, 1.807) is 97.6 Å². The van der Waals surface area contributed by atoms with Gasteiger partial charge < -0.3 is 70.4 Å². The average molecular weight is 2020 g/mol. The molecule has 28 heteroatoms. The average Bonchev–Trinajstić information content (AvgIpc) is 0.848. The van der Waals surface area contributed by atoms with E-state index in [9.17, 15) is 59.4 Å². The van der Waals surface area contributed by atoms with Crippen LogP contribution >= 0.6 is 95.6 Å². The van der Waals surface area contributed by atoms with Crippen LogP contribution in [0.3, 0.4) is 0 Å². The number of rotatable bonds is 10. The van der Waals surface area contributed by atoms with Crippen molar-refractivity contribution in [2.45, 2.75) is 0 Å². The summed E-state index contributed by atoms with van der Waals surface area (Å²) < 4.78 is 5.15. The molecule has 0 fully saturated rings. The minimum atomic E-state index is -1.15. The Morgan fingerprint density at radius 2 is 0.350 bits per heavy atom. The second kappa shape index (κ2) is 49.9. The molecule has 0 atom stereocenters. The van der Waals surface area contributed by atoms with Crippen LogP contribution in [-0.2, 0) is 0 Å². The van der Waals surface area contributed by atoms with Crippen molar-refractivity contribution in [2.75, 3.05) is 0 Å². The van der Waals surface area contributed by atoms with Gasteiger partial charge in [0, 0.05) is 51.6 Å². The molecule has 2 radical (unpaired) electrons. The number of aromatic nitrogens is 6. The Morgan fingerprint density at radius 3 is 0.470 bits per heavy atom. The summed E-state index contributed by atoms with van der Waals surface area (Å²) in [6, 6.07) is 72.7. The van der Waals surface area contributed by atoms with Gasteiger partial charge in [-0.1, -0.05) is 205 Å². The predicted molar refractivity (Wildman–Crippen MR) is 379 cm³/mol. The fourth-order valence-electron chi connectivity index (χ4n) is 7.01. The van der Waals surface area contributed by atoms with E-state index in [0.717, 1.165) is 72.4 Å². The van der Waals surface area contributed by atoms with Gasteiger partial charge in [-0.25, -0.2) is 9.97 Å². The summed E-state index contributed by atoms with van der Waals surface area (Å²) in [5.41, 5.74) is 8.11. The van der Waals surface area contributed by atoms with Gasteiger partial charge in [-0.15, -0.1) is 0 Å². The van der Waals surface area contributed by atoms with E-state index in [0.29, 0.717) is 0 Å². The molecule has 0 unspecified atom stereocenters. The molecule has 0 aliphatic carbocycles. The van der Waals surface area contributed by atoms with Gasteiger partial charge in [0.05, 0.1) is 81.4 Å². The largest absolute Gasteiger partial charge is 3.00 e. The third-order valence-corrected chi connectivity index (χ3v) is 14.9. The second-order valence-electron chi connectivity index (χ2n) is 18.4. The van der Waals surface area contributed by atoms with Crippen LogP contribution in [0, 0.1) is 79.9 Å². The van der Waals surface area contributed by atoms with E-state index in [-0.39, 0.29) is 124 Å². The fraction of sp³-hybridized carbons (Fsp3) is 0. The summed E-state index contributed by atoms with van der Waals surface area (Å²) in [6.07, 6.45) is 7.07. The molecule has 0 aliphatic heterocycles. The Morgan fingerprint density at radius 1 is 0.210 bits per heavy atom. The number of halogens is 6. The molecule has 510 valence electrons. The number of carboxylic acid groups (broad SMARTS) is 6. The summed E-state index contributed by atoms with van der Waals surface area (Å²) in [5, 5.41) is 61.1. The Balaban J connectivity index is 0.000000577. The summed E-state index contributed by atoms with van der Waals surface area (Å²) >= 11 is 19.1. The molecule has 12 aromatic rings.